The molecule has 6 rings (SSSR count). The summed E-state index contributed by atoms with van der Waals surface area (Å²) in [5.74, 6) is 0. The van der Waals surface area contributed by atoms with Gasteiger partial charge in [-0.25, -0.2) is 0 Å². The van der Waals surface area contributed by atoms with Crippen LogP contribution in [0.15, 0.2) is 84.9 Å². The van der Waals surface area contributed by atoms with Gasteiger partial charge in [0.15, 0.2) is 0 Å². The van der Waals surface area contributed by atoms with Gasteiger partial charge in [0.25, 0.3) is 0 Å². The molecule has 2 aromatic heterocycles. The van der Waals surface area contributed by atoms with E-state index in [0.29, 0.717) is 0 Å². The van der Waals surface area contributed by atoms with Gasteiger partial charge in [0.2, 0.25) is 0 Å². The lowest BCUT2D eigenvalue weighted by molar-refractivity contribution is 1.18. The van der Waals surface area contributed by atoms with Crippen molar-refractivity contribution in [1.82, 2.24) is 4.57 Å². The highest BCUT2D eigenvalue weighted by molar-refractivity contribution is 7.25. The summed E-state index contributed by atoms with van der Waals surface area (Å²) in [4.78, 5) is 0. The van der Waals surface area contributed by atoms with Crippen LogP contribution in [-0.4, -0.2) is 4.57 Å². The first-order valence-corrected chi connectivity index (χ1v) is 10.0. The Morgan fingerprint density at radius 2 is 1.37 bits per heavy atom. The summed E-state index contributed by atoms with van der Waals surface area (Å²) in [6, 6.07) is 30.9. The second-order valence-electron chi connectivity index (χ2n) is 7.16. The molecule has 0 N–H and O–H groups in total. The molecule has 0 atom stereocenters. The summed E-state index contributed by atoms with van der Waals surface area (Å²) in [7, 11) is 0. The zero-order valence-electron chi connectivity index (χ0n) is 14.9. The summed E-state index contributed by atoms with van der Waals surface area (Å²) in [5, 5.41) is 5.36. The Morgan fingerprint density at radius 3 is 2.26 bits per heavy atom. The highest BCUT2D eigenvalue weighted by Gasteiger charge is 2.15. The normalized spacial score (nSPS) is 11.9. The number of aromatic nitrogens is 1. The zero-order valence-corrected chi connectivity index (χ0v) is 15.8. The largest absolute Gasteiger partial charge is 0.309 e. The van der Waals surface area contributed by atoms with Crippen molar-refractivity contribution >= 4 is 53.3 Å². The second-order valence-corrected chi connectivity index (χ2v) is 8.24. The van der Waals surface area contributed by atoms with E-state index >= 15 is 0 Å². The third kappa shape index (κ3) is 2.11. The summed E-state index contributed by atoms with van der Waals surface area (Å²) in [6.07, 6.45) is 0. The summed E-state index contributed by atoms with van der Waals surface area (Å²) >= 11 is 1.89. The summed E-state index contributed by atoms with van der Waals surface area (Å²) in [6.45, 7) is 2.17. The van der Waals surface area contributed by atoms with Gasteiger partial charge in [0.05, 0.1) is 11.0 Å². The highest BCUT2D eigenvalue weighted by Crippen LogP contribution is 2.40. The van der Waals surface area contributed by atoms with Crippen LogP contribution < -0.4 is 0 Å². The van der Waals surface area contributed by atoms with Crippen molar-refractivity contribution in [1.29, 1.82) is 0 Å². The smallest absolute Gasteiger partial charge is 0.0555 e. The maximum atomic E-state index is 2.39. The molecule has 0 unspecified atom stereocenters. The molecule has 0 aliphatic heterocycles. The maximum absolute atomic E-state index is 2.39. The Kier molecular flexibility index (Phi) is 3.03. The molecule has 128 valence electrons. The third-order valence-corrected chi connectivity index (χ3v) is 6.57. The molecule has 0 saturated carbocycles. The van der Waals surface area contributed by atoms with Crippen LogP contribution in [0.3, 0.4) is 0 Å². The van der Waals surface area contributed by atoms with E-state index in [4.69, 9.17) is 0 Å². The fraction of sp³-hybridized carbons (Fsp3) is 0.0400. The van der Waals surface area contributed by atoms with Crippen molar-refractivity contribution in [2.45, 2.75) is 6.92 Å². The molecule has 6 aromatic rings. The van der Waals surface area contributed by atoms with E-state index in [-0.39, 0.29) is 0 Å². The van der Waals surface area contributed by atoms with Crippen LogP contribution in [0.5, 0.6) is 0 Å². The van der Waals surface area contributed by atoms with E-state index in [9.17, 15) is 0 Å². The minimum absolute atomic E-state index is 1.21. The number of aryl methyl sites for hydroxylation is 1. The average molecular weight is 363 g/mol. The number of thiophene rings is 1. The quantitative estimate of drug-likeness (QED) is 0.286. The van der Waals surface area contributed by atoms with Gasteiger partial charge in [-0.2, -0.15) is 0 Å². The molecule has 0 aliphatic rings. The zero-order chi connectivity index (χ0) is 18.0. The van der Waals surface area contributed by atoms with Crippen molar-refractivity contribution in [3.63, 3.8) is 0 Å². The molecular formula is C25H17NS. The minimum Gasteiger partial charge on any atom is -0.309 e. The van der Waals surface area contributed by atoms with E-state index < -0.39 is 0 Å². The molecule has 0 radical (unpaired) electrons. The molecule has 2 heterocycles. The fourth-order valence-electron chi connectivity index (χ4n) is 4.21. The topological polar surface area (TPSA) is 4.93 Å². The predicted octanol–water partition coefficient (Wildman–Crippen LogP) is 7.46. The van der Waals surface area contributed by atoms with Gasteiger partial charge >= 0.3 is 0 Å². The lowest BCUT2D eigenvalue weighted by Crippen LogP contribution is -1.92. The Bertz CT molecular complexity index is 1470. The van der Waals surface area contributed by atoms with Crippen LogP contribution >= 0.6 is 11.3 Å². The number of rotatable bonds is 1. The number of nitrogens with zero attached hydrogens (tertiary/aromatic N) is 1. The summed E-state index contributed by atoms with van der Waals surface area (Å²) < 4.78 is 5.10. The number of benzene rings is 4. The Morgan fingerprint density at radius 1 is 0.593 bits per heavy atom. The van der Waals surface area contributed by atoms with Gasteiger partial charge in [-0.15, -0.1) is 11.3 Å². The lowest BCUT2D eigenvalue weighted by Gasteiger charge is -2.07. The minimum atomic E-state index is 1.21. The first-order chi connectivity index (χ1) is 13.3. The van der Waals surface area contributed by atoms with Gasteiger partial charge in [0, 0.05) is 36.6 Å². The van der Waals surface area contributed by atoms with E-state index in [2.05, 4.69) is 96.4 Å². The van der Waals surface area contributed by atoms with Crippen LogP contribution in [0, 0.1) is 6.92 Å². The molecule has 0 bridgehead atoms. The highest BCUT2D eigenvalue weighted by atomic mass is 32.1. The standard InChI is InChI=1S/C25H17NS/c1-16-11-12-24-20(13-16)21-14-19-18-9-5-6-10-22(18)26(17-7-3-2-4-8-17)23(19)15-25(21)27-24/h2-15H,1H3. The van der Waals surface area contributed by atoms with Crippen molar-refractivity contribution < 1.29 is 0 Å². The average Bonchev–Trinajstić information content (AvgIpc) is 3.21. The molecule has 0 saturated heterocycles. The first-order valence-electron chi connectivity index (χ1n) is 9.21. The molecule has 0 spiro atoms. The lowest BCUT2D eigenvalue weighted by atomic mass is 10.1. The van der Waals surface area contributed by atoms with Gasteiger partial charge in [-0.05, 0) is 49.4 Å². The molecule has 0 amide bonds. The van der Waals surface area contributed by atoms with Gasteiger partial charge in [0.1, 0.15) is 0 Å². The van der Waals surface area contributed by atoms with E-state index in [0.717, 1.165) is 0 Å². The third-order valence-electron chi connectivity index (χ3n) is 5.43. The SMILES string of the molecule is Cc1ccc2sc3cc4c(cc3c2c1)c1ccccc1n4-c1ccccc1. The summed E-state index contributed by atoms with van der Waals surface area (Å²) in [5.41, 5.74) is 5.06. The number of fused-ring (bicyclic) bond motifs is 6. The Labute approximate surface area is 161 Å². The maximum Gasteiger partial charge on any atom is 0.0555 e. The molecule has 1 nitrogen and oxygen atoms in total. The molecule has 27 heavy (non-hydrogen) atoms. The van der Waals surface area contributed by atoms with E-state index in [1.54, 1.807) is 0 Å². The Balaban J connectivity index is 1.83. The van der Waals surface area contributed by atoms with Crippen molar-refractivity contribution in [3.05, 3.63) is 90.5 Å². The van der Waals surface area contributed by atoms with Gasteiger partial charge < -0.3 is 4.57 Å². The predicted molar refractivity (Wildman–Crippen MR) is 118 cm³/mol. The number of para-hydroxylation sites is 2. The van der Waals surface area contributed by atoms with E-state index in [1.807, 2.05) is 11.3 Å². The molecule has 2 heteroatoms. The van der Waals surface area contributed by atoms with Crippen molar-refractivity contribution in [3.8, 4) is 5.69 Å². The second kappa shape index (κ2) is 5.45. The fourth-order valence-corrected chi connectivity index (χ4v) is 5.31. The molecular weight excluding hydrogens is 346 g/mol. The van der Waals surface area contributed by atoms with Crippen LogP contribution in [0.4, 0.5) is 0 Å². The van der Waals surface area contributed by atoms with Gasteiger partial charge in [-0.1, -0.05) is 48.0 Å². The van der Waals surface area contributed by atoms with Gasteiger partial charge in [-0.3, -0.25) is 0 Å². The van der Waals surface area contributed by atoms with Crippen LogP contribution in [0.2, 0.25) is 0 Å². The van der Waals surface area contributed by atoms with Crippen molar-refractivity contribution in [2.24, 2.45) is 0 Å². The number of hydrogen-bond donors (Lipinski definition) is 0. The molecule has 4 aromatic carbocycles. The first kappa shape index (κ1) is 15.0. The van der Waals surface area contributed by atoms with Crippen LogP contribution in [-0.2, 0) is 0 Å². The molecule has 0 aliphatic carbocycles. The van der Waals surface area contributed by atoms with Crippen LogP contribution in [0.1, 0.15) is 5.56 Å². The number of hydrogen-bond acceptors (Lipinski definition) is 1. The van der Waals surface area contributed by atoms with Crippen LogP contribution in [0.25, 0.3) is 47.7 Å². The van der Waals surface area contributed by atoms with E-state index in [1.165, 1.54) is 53.2 Å². The molecule has 0 fully saturated rings. The van der Waals surface area contributed by atoms with Crippen molar-refractivity contribution in [2.75, 3.05) is 0 Å². The monoisotopic (exact) mass is 363 g/mol. The Hall–Kier alpha value is -3.10.